The molecule has 1 fully saturated rings. The van der Waals surface area contributed by atoms with Crippen molar-refractivity contribution >= 4 is 63.5 Å². The smallest absolute Gasteiger partial charge is 0.266 e. The van der Waals surface area contributed by atoms with Crippen LogP contribution in [0, 0.1) is 0 Å². The molecule has 1 heterocycles. The number of hydrogen-bond donors (Lipinski definition) is 1. The summed E-state index contributed by atoms with van der Waals surface area (Å²) in [5.74, 6) is -0.209. The molecule has 150 valence electrons. The van der Waals surface area contributed by atoms with Crippen LogP contribution < -0.4 is 5.32 Å². The zero-order valence-corrected chi connectivity index (χ0v) is 18.4. The lowest BCUT2D eigenvalue weighted by Gasteiger charge is -2.14. The van der Waals surface area contributed by atoms with Crippen LogP contribution in [-0.4, -0.2) is 27.6 Å². The number of amides is 2. The van der Waals surface area contributed by atoms with Gasteiger partial charge in [-0.2, -0.15) is 0 Å². The Hall–Kier alpha value is -2.15. The summed E-state index contributed by atoms with van der Waals surface area (Å²) in [6, 6.07) is 15.1. The quantitative estimate of drug-likeness (QED) is 0.451. The van der Waals surface area contributed by atoms with E-state index in [0.717, 1.165) is 23.2 Å². The van der Waals surface area contributed by atoms with Crippen molar-refractivity contribution in [2.24, 2.45) is 0 Å². The highest BCUT2D eigenvalue weighted by Crippen LogP contribution is 2.33. The van der Waals surface area contributed by atoms with E-state index in [9.17, 15) is 9.59 Å². The van der Waals surface area contributed by atoms with Crippen LogP contribution in [0.1, 0.15) is 30.9 Å². The molecule has 0 bridgehead atoms. The van der Waals surface area contributed by atoms with Gasteiger partial charge in [0.15, 0.2) is 0 Å². The summed E-state index contributed by atoms with van der Waals surface area (Å²) >= 11 is 12.8. The largest absolute Gasteiger partial charge is 0.326 e. The van der Waals surface area contributed by atoms with Gasteiger partial charge in [0.25, 0.3) is 5.91 Å². The van der Waals surface area contributed by atoms with E-state index in [1.807, 2.05) is 42.5 Å². The highest BCUT2D eigenvalue weighted by Gasteiger charge is 2.31. The summed E-state index contributed by atoms with van der Waals surface area (Å²) in [7, 11) is 0. The van der Waals surface area contributed by atoms with Crippen molar-refractivity contribution in [3.05, 3.63) is 69.6 Å². The molecule has 0 aliphatic carbocycles. The lowest BCUT2D eigenvalue weighted by molar-refractivity contribution is -0.122. The van der Waals surface area contributed by atoms with Gasteiger partial charge in [-0.15, -0.1) is 0 Å². The van der Waals surface area contributed by atoms with E-state index in [2.05, 4.69) is 12.2 Å². The molecule has 4 nitrogen and oxygen atoms in total. The van der Waals surface area contributed by atoms with Crippen molar-refractivity contribution in [3.63, 3.8) is 0 Å². The maximum Gasteiger partial charge on any atom is 0.266 e. The van der Waals surface area contributed by atoms with Crippen LogP contribution >= 0.6 is 35.6 Å². The van der Waals surface area contributed by atoms with E-state index in [1.54, 1.807) is 17.0 Å². The minimum atomic E-state index is -0.142. The molecule has 2 aromatic rings. The zero-order chi connectivity index (χ0) is 20.8. The third-order valence-electron chi connectivity index (χ3n) is 4.52. The number of thioether (sulfide) groups is 1. The first-order valence-corrected chi connectivity index (χ1v) is 11.0. The van der Waals surface area contributed by atoms with Crippen molar-refractivity contribution in [1.82, 2.24) is 4.90 Å². The van der Waals surface area contributed by atoms with Gasteiger partial charge in [-0.05, 0) is 42.2 Å². The van der Waals surface area contributed by atoms with E-state index in [-0.39, 0.29) is 11.8 Å². The summed E-state index contributed by atoms with van der Waals surface area (Å²) in [6.07, 6.45) is 3.46. The van der Waals surface area contributed by atoms with Gasteiger partial charge in [0.1, 0.15) is 4.32 Å². The maximum atomic E-state index is 12.7. The summed E-state index contributed by atoms with van der Waals surface area (Å²) < 4.78 is 0.505. The predicted octanol–water partition coefficient (Wildman–Crippen LogP) is 5.52. The average molecular weight is 445 g/mol. The van der Waals surface area contributed by atoms with Crippen LogP contribution in [0.25, 0.3) is 6.08 Å². The van der Waals surface area contributed by atoms with Crippen LogP contribution in [0.15, 0.2) is 53.4 Å². The SMILES string of the molecule is CCc1ccccc1NC(=O)CCCN1C(=O)C(=Cc2ccccc2Cl)SC1=S. The van der Waals surface area contributed by atoms with Crippen LogP contribution in [0.5, 0.6) is 0 Å². The molecule has 0 spiro atoms. The first kappa shape index (κ1) is 21.6. The molecule has 1 saturated heterocycles. The standard InChI is InChI=1S/C22H21ClN2O2S2/c1-2-15-8-4-6-11-18(15)24-20(26)12-7-13-25-21(27)19(29-22(25)28)14-16-9-3-5-10-17(16)23/h3-6,8-11,14H,2,7,12-13H2,1H3,(H,24,26). The maximum absolute atomic E-state index is 12.7. The Kier molecular flexibility index (Phi) is 7.47. The molecule has 7 heteroatoms. The molecular weight excluding hydrogens is 424 g/mol. The zero-order valence-electron chi connectivity index (χ0n) is 16.0. The molecule has 0 radical (unpaired) electrons. The first-order valence-electron chi connectivity index (χ1n) is 9.37. The van der Waals surface area contributed by atoms with Crippen LogP contribution in [0.2, 0.25) is 5.02 Å². The molecule has 0 saturated carbocycles. The van der Waals surface area contributed by atoms with Gasteiger partial charge in [-0.3, -0.25) is 14.5 Å². The molecule has 0 atom stereocenters. The van der Waals surface area contributed by atoms with E-state index in [0.29, 0.717) is 33.6 Å². The Morgan fingerprint density at radius 2 is 1.93 bits per heavy atom. The van der Waals surface area contributed by atoms with Crippen molar-refractivity contribution in [2.75, 3.05) is 11.9 Å². The Balaban J connectivity index is 1.55. The number of halogens is 1. The number of anilines is 1. The highest BCUT2D eigenvalue weighted by molar-refractivity contribution is 8.26. The number of para-hydroxylation sites is 1. The highest BCUT2D eigenvalue weighted by atomic mass is 35.5. The van der Waals surface area contributed by atoms with Crippen molar-refractivity contribution in [2.45, 2.75) is 26.2 Å². The molecule has 0 unspecified atom stereocenters. The Morgan fingerprint density at radius 1 is 1.21 bits per heavy atom. The summed E-state index contributed by atoms with van der Waals surface area (Å²) in [5.41, 5.74) is 2.72. The second-order valence-corrected chi connectivity index (χ2v) is 8.60. The molecular formula is C22H21ClN2O2S2. The molecule has 2 amide bonds. The number of hydrogen-bond acceptors (Lipinski definition) is 4. The van der Waals surface area contributed by atoms with Crippen LogP contribution in [0.3, 0.4) is 0 Å². The normalized spacial score (nSPS) is 15.2. The van der Waals surface area contributed by atoms with Gasteiger partial charge >= 0.3 is 0 Å². The molecule has 0 aromatic heterocycles. The number of nitrogens with one attached hydrogen (secondary N) is 1. The summed E-state index contributed by atoms with van der Waals surface area (Å²) in [5, 5.41) is 3.54. The number of aryl methyl sites for hydroxylation is 1. The second kappa shape index (κ2) is 10.1. The minimum Gasteiger partial charge on any atom is -0.326 e. The fourth-order valence-corrected chi connectivity index (χ4v) is 4.48. The Morgan fingerprint density at radius 3 is 2.69 bits per heavy atom. The number of carbonyl (C=O) groups is 2. The van der Waals surface area contributed by atoms with Crippen molar-refractivity contribution in [3.8, 4) is 0 Å². The molecule has 3 rings (SSSR count). The van der Waals surface area contributed by atoms with Gasteiger partial charge in [-0.1, -0.05) is 78.9 Å². The third kappa shape index (κ3) is 5.47. The summed E-state index contributed by atoms with van der Waals surface area (Å²) in [6.45, 7) is 2.46. The monoisotopic (exact) mass is 444 g/mol. The predicted molar refractivity (Wildman–Crippen MR) is 125 cm³/mol. The lowest BCUT2D eigenvalue weighted by atomic mass is 10.1. The lowest BCUT2D eigenvalue weighted by Crippen LogP contribution is -2.29. The molecule has 1 aliphatic heterocycles. The number of thiocarbonyl (C=S) groups is 1. The van der Waals surface area contributed by atoms with E-state index in [4.69, 9.17) is 23.8 Å². The van der Waals surface area contributed by atoms with Crippen molar-refractivity contribution < 1.29 is 9.59 Å². The minimum absolute atomic E-state index is 0.0667. The fourth-order valence-electron chi connectivity index (χ4n) is 2.99. The second-order valence-electron chi connectivity index (χ2n) is 6.52. The van der Waals surface area contributed by atoms with Crippen molar-refractivity contribution in [1.29, 1.82) is 0 Å². The van der Waals surface area contributed by atoms with Gasteiger partial charge in [0.05, 0.1) is 4.91 Å². The van der Waals surface area contributed by atoms with Crippen LogP contribution in [0.4, 0.5) is 5.69 Å². The number of rotatable bonds is 7. The Bertz CT molecular complexity index is 975. The van der Waals surface area contributed by atoms with E-state index in [1.165, 1.54) is 11.8 Å². The van der Waals surface area contributed by atoms with Crippen LogP contribution in [-0.2, 0) is 16.0 Å². The summed E-state index contributed by atoms with van der Waals surface area (Å²) in [4.78, 5) is 27.1. The van der Waals surface area contributed by atoms with Gasteiger partial charge < -0.3 is 5.32 Å². The van der Waals surface area contributed by atoms with E-state index >= 15 is 0 Å². The first-order chi connectivity index (χ1) is 14.0. The fraction of sp³-hybridized carbons (Fsp3) is 0.227. The third-order valence-corrected chi connectivity index (χ3v) is 6.25. The molecule has 1 N–H and O–H groups in total. The molecule has 29 heavy (non-hydrogen) atoms. The van der Waals surface area contributed by atoms with Gasteiger partial charge in [-0.25, -0.2) is 0 Å². The number of carbonyl (C=O) groups excluding carboxylic acids is 2. The topological polar surface area (TPSA) is 49.4 Å². The van der Waals surface area contributed by atoms with Gasteiger partial charge in [0.2, 0.25) is 5.91 Å². The molecule has 2 aromatic carbocycles. The Labute approximate surface area is 185 Å². The van der Waals surface area contributed by atoms with E-state index < -0.39 is 0 Å². The molecule has 1 aliphatic rings. The average Bonchev–Trinajstić information content (AvgIpc) is 2.97. The number of benzene rings is 2. The van der Waals surface area contributed by atoms with Gasteiger partial charge in [0, 0.05) is 23.7 Å². The number of nitrogens with zero attached hydrogens (tertiary/aromatic N) is 1.